The van der Waals surface area contributed by atoms with Crippen LogP contribution < -0.4 is 4.90 Å². The van der Waals surface area contributed by atoms with Crippen molar-refractivity contribution in [2.24, 2.45) is 0 Å². The van der Waals surface area contributed by atoms with Crippen molar-refractivity contribution in [1.82, 2.24) is 10.1 Å². The van der Waals surface area contributed by atoms with E-state index >= 15 is 0 Å². The molecule has 1 aliphatic rings. The minimum atomic E-state index is 0.775. The number of hydrogen-bond acceptors (Lipinski definition) is 4. The Morgan fingerprint density at radius 1 is 1.28 bits per heavy atom. The SMILES string of the molecule is Cc1noc2cc(N3CCN(C=O)CC3)ccc12. The van der Waals surface area contributed by atoms with Crippen molar-refractivity contribution < 1.29 is 9.32 Å². The smallest absolute Gasteiger partial charge is 0.209 e. The second-order valence-electron chi connectivity index (χ2n) is 4.58. The number of carbonyl (C=O) groups is 1. The van der Waals surface area contributed by atoms with Gasteiger partial charge in [-0.2, -0.15) is 0 Å². The lowest BCUT2D eigenvalue weighted by Gasteiger charge is -2.34. The first kappa shape index (κ1) is 11.1. The van der Waals surface area contributed by atoms with Crippen LogP contribution in [0.2, 0.25) is 0 Å². The molecule has 5 heteroatoms. The molecule has 1 fully saturated rings. The van der Waals surface area contributed by atoms with E-state index in [4.69, 9.17) is 4.52 Å². The van der Waals surface area contributed by atoms with Gasteiger partial charge < -0.3 is 14.3 Å². The number of fused-ring (bicyclic) bond motifs is 1. The third-order valence-electron chi connectivity index (χ3n) is 3.46. The summed E-state index contributed by atoms with van der Waals surface area (Å²) in [6.07, 6.45) is 0.917. The molecule has 1 aliphatic heterocycles. The zero-order valence-electron chi connectivity index (χ0n) is 10.3. The van der Waals surface area contributed by atoms with E-state index in [9.17, 15) is 4.79 Å². The van der Waals surface area contributed by atoms with Gasteiger partial charge in [0, 0.05) is 43.3 Å². The molecule has 0 atom stereocenters. The van der Waals surface area contributed by atoms with E-state index in [1.807, 2.05) is 19.1 Å². The van der Waals surface area contributed by atoms with Gasteiger partial charge in [-0.15, -0.1) is 0 Å². The number of rotatable bonds is 2. The van der Waals surface area contributed by atoms with Gasteiger partial charge in [-0.3, -0.25) is 4.79 Å². The Bertz CT molecular complexity index is 571. The average molecular weight is 245 g/mol. The van der Waals surface area contributed by atoms with Crippen molar-refractivity contribution in [3.63, 3.8) is 0 Å². The highest BCUT2D eigenvalue weighted by molar-refractivity contribution is 5.82. The summed E-state index contributed by atoms with van der Waals surface area (Å²) in [7, 11) is 0. The fraction of sp³-hybridized carbons (Fsp3) is 0.385. The Hall–Kier alpha value is -2.04. The van der Waals surface area contributed by atoms with Gasteiger partial charge >= 0.3 is 0 Å². The second kappa shape index (κ2) is 4.33. The number of benzene rings is 1. The number of carbonyl (C=O) groups excluding carboxylic acids is 1. The third-order valence-corrected chi connectivity index (χ3v) is 3.46. The first-order valence-electron chi connectivity index (χ1n) is 6.08. The van der Waals surface area contributed by atoms with Crippen molar-refractivity contribution in [3.8, 4) is 0 Å². The van der Waals surface area contributed by atoms with Gasteiger partial charge in [0.05, 0.1) is 5.69 Å². The van der Waals surface area contributed by atoms with Crippen molar-refractivity contribution in [2.45, 2.75) is 6.92 Å². The van der Waals surface area contributed by atoms with Crippen molar-refractivity contribution in [2.75, 3.05) is 31.1 Å². The highest BCUT2D eigenvalue weighted by Crippen LogP contribution is 2.24. The van der Waals surface area contributed by atoms with Crippen molar-refractivity contribution in [1.29, 1.82) is 0 Å². The molecule has 94 valence electrons. The fourth-order valence-electron chi connectivity index (χ4n) is 2.33. The van der Waals surface area contributed by atoms with Crippen LogP contribution in [0.15, 0.2) is 22.7 Å². The number of piperazine rings is 1. The van der Waals surface area contributed by atoms with Crippen LogP contribution in [0.3, 0.4) is 0 Å². The summed E-state index contributed by atoms with van der Waals surface area (Å²) >= 11 is 0. The molecule has 2 heterocycles. The summed E-state index contributed by atoms with van der Waals surface area (Å²) < 4.78 is 5.28. The van der Waals surface area contributed by atoms with E-state index in [1.54, 1.807) is 4.90 Å². The molecular weight excluding hydrogens is 230 g/mol. The maximum Gasteiger partial charge on any atom is 0.209 e. The van der Waals surface area contributed by atoms with Gasteiger partial charge in [-0.05, 0) is 19.1 Å². The maximum atomic E-state index is 10.7. The molecule has 18 heavy (non-hydrogen) atoms. The Morgan fingerprint density at radius 3 is 2.78 bits per heavy atom. The van der Waals surface area contributed by atoms with E-state index < -0.39 is 0 Å². The van der Waals surface area contributed by atoms with Gasteiger partial charge in [0.15, 0.2) is 5.58 Å². The number of hydrogen-bond donors (Lipinski definition) is 0. The molecule has 0 bridgehead atoms. The first-order chi connectivity index (χ1) is 8.78. The summed E-state index contributed by atoms with van der Waals surface area (Å²) in [6, 6.07) is 6.15. The van der Waals surface area contributed by atoms with E-state index in [1.165, 1.54) is 0 Å². The first-order valence-corrected chi connectivity index (χ1v) is 6.08. The highest BCUT2D eigenvalue weighted by atomic mass is 16.5. The number of amides is 1. The van der Waals surface area contributed by atoms with E-state index in [-0.39, 0.29) is 0 Å². The molecule has 0 radical (unpaired) electrons. The largest absolute Gasteiger partial charge is 0.368 e. The number of aromatic nitrogens is 1. The number of aryl methyl sites for hydroxylation is 1. The molecule has 3 rings (SSSR count). The monoisotopic (exact) mass is 245 g/mol. The molecule has 0 saturated carbocycles. The summed E-state index contributed by atoms with van der Waals surface area (Å²) in [5.74, 6) is 0. The van der Waals surface area contributed by atoms with Crippen molar-refractivity contribution in [3.05, 3.63) is 23.9 Å². The molecule has 0 N–H and O–H groups in total. The molecule has 1 aromatic carbocycles. The quantitative estimate of drug-likeness (QED) is 0.751. The van der Waals surface area contributed by atoms with Gasteiger partial charge in [-0.25, -0.2) is 0 Å². The number of nitrogens with zero attached hydrogens (tertiary/aromatic N) is 3. The van der Waals surface area contributed by atoms with E-state index in [2.05, 4.69) is 16.1 Å². The highest BCUT2D eigenvalue weighted by Gasteiger charge is 2.16. The number of anilines is 1. The summed E-state index contributed by atoms with van der Waals surface area (Å²) in [5.41, 5.74) is 2.87. The minimum Gasteiger partial charge on any atom is -0.368 e. The Labute approximate surface area is 105 Å². The minimum absolute atomic E-state index is 0.775. The van der Waals surface area contributed by atoms with Crippen LogP contribution >= 0.6 is 0 Å². The van der Waals surface area contributed by atoms with Crippen LogP contribution in [-0.2, 0) is 4.79 Å². The van der Waals surface area contributed by atoms with Crippen LogP contribution in [0.5, 0.6) is 0 Å². The Balaban J connectivity index is 1.84. The van der Waals surface area contributed by atoms with Gasteiger partial charge in [-0.1, -0.05) is 5.16 Å². The van der Waals surface area contributed by atoms with Crippen LogP contribution in [0.1, 0.15) is 5.69 Å². The maximum absolute atomic E-state index is 10.7. The predicted octanol–water partition coefficient (Wildman–Crippen LogP) is 1.41. The van der Waals surface area contributed by atoms with E-state index in [0.29, 0.717) is 0 Å². The zero-order valence-corrected chi connectivity index (χ0v) is 10.3. The molecule has 2 aromatic rings. The third kappa shape index (κ3) is 1.81. The molecule has 0 aliphatic carbocycles. The average Bonchev–Trinajstić information content (AvgIpc) is 2.80. The van der Waals surface area contributed by atoms with Crippen LogP contribution in [0, 0.1) is 6.92 Å². The topological polar surface area (TPSA) is 49.6 Å². The lowest BCUT2D eigenvalue weighted by molar-refractivity contribution is -0.118. The van der Waals surface area contributed by atoms with E-state index in [0.717, 1.165) is 54.9 Å². The zero-order chi connectivity index (χ0) is 12.5. The fourth-order valence-corrected chi connectivity index (χ4v) is 2.33. The lowest BCUT2D eigenvalue weighted by atomic mass is 10.2. The molecule has 1 aromatic heterocycles. The Kier molecular flexibility index (Phi) is 2.66. The molecule has 1 amide bonds. The van der Waals surface area contributed by atoms with Crippen molar-refractivity contribution >= 4 is 23.1 Å². The second-order valence-corrected chi connectivity index (χ2v) is 4.58. The summed E-state index contributed by atoms with van der Waals surface area (Å²) in [6.45, 7) is 5.21. The van der Waals surface area contributed by atoms with Crippen LogP contribution in [0.25, 0.3) is 11.0 Å². The summed E-state index contributed by atoms with van der Waals surface area (Å²) in [5, 5.41) is 5.02. The molecule has 5 nitrogen and oxygen atoms in total. The standard InChI is InChI=1S/C13H15N3O2/c1-10-12-3-2-11(8-13(12)18-14-10)16-6-4-15(9-17)5-7-16/h2-3,8-9H,4-7H2,1H3. The van der Waals surface area contributed by atoms with Crippen LogP contribution in [-0.4, -0.2) is 42.6 Å². The predicted molar refractivity (Wildman–Crippen MR) is 68.6 cm³/mol. The summed E-state index contributed by atoms with van der Waals surface area (Å²) in [4.78, 5) is 14.7. The normalized spacial score (nSPS) is 16.3. The van der Waals surface area contributed by atoms with Gasteiger partial charge in [0.1, 0.15) is 0 Å². The lowest BCUT2D eigenvalue weighted by Crippen LogP contribution is -2.45. The van der Waals surface area contributed by atoms with Gasteiger partial charge in [0.2, 0.25) is 6.41 Å². The molecule has 0 spiro atoms. The van der Waals surface area contributed by atoms with Gasteiger partial charge in [0.25, 0.3) is 0 Å². The van der Waals surface area contributed by atoms with Crippen LogP contribution in [0.4, 0.5) is 5.69 Å². The Morgan fingerprint density at radius 2 is 2.06 bits per heavy atom. The molecular formula is C13H15N3O2. The molecule has 1 saturated heterocycles. The molecule has 0 unspecified atom stereocenters.